The molecule has 0 radical (unpaired) electrons. The Kier molecular flexibility index (Phi) is 7.88. The molecule has 0 N–H and O–H groups in total. The highest BCUT2D eigenvalue weighted by molar-refractivity contribution is 7.13. The van der Waals surface area contributed by atoms with Gasteiger partial charge in [-0.3, -0.25) is 4.79 Å². The molecule has 1 heterocycles. The Hall–Kier alpha value is -2.06. The van der Waals surface area contributed by atoms with Crippen molar-refractivity contribution in [3.05, 3.63) is 80.4 Å². The van der Waals surface area contributed by atoms with Gasteiger partial charge in [-0.25, -0.2) is 0 Å². The molecule has 1 unspecified atom stereocenters. The maximum atomic E-state index is 12.1. The standard InChI is InChI=1S/C24H28ClNOS/c1-7-16(3)22(15-26(6)23(27)8-2)24-21(17(4)18(5)28-24)14-19-10-9-11-20(25)13-12-19/h8,10-13,15-16H,2,7,14H2,1,3-6H3/b22-15+. The molecule has 0 aromatic carbocycles. The molecule has 2 nitrogen and oxygen atoms in total. The van der Waals surface area contributed by atoms with Crippen LogP contribution >= 0.6 is 22.9 Å². The lowest BCUT2D eigenvalue weighted by Gasteiger charge is -2.19. The number of allylic oxidation sites excluding steroid dienone is 6. The SMILES string of the molecule is C=CC(=O)N(C)/C=C(/c1sc(C)c(C)c1CC1=CC=C(Cl)C=C=C1)C(C)CC. The van der Waals surface area contributed by atoms with Crippen LogP contribution in [0.1, 0.15) is 41.1 Å². The van der Waals surface area contributed by atoms with Crippen LogP contribution in [0, 0.1) is 19.8 Å². The van der Waals surface area contributed by atoms with Gasteiger partial charge in [-0.15, -0.1) is 17.1 Å². The third-order valence-electron chi connectivity index (χ3n) is 5.10. The Bertz CT molecular complexity index is 923. The molecule has 2 rings (SSSR count). The first-order chi connectivity index (χ1) is 13.3. The van der Waals surface area contributed by atoms with Crippen molar-refractivity contribution in [2.75, 3.05) is 7.05 Å². The van der Waals surface area contributed by atoms with Crippen molar-refractivity contribution in [2.24, 2.45) is 5.92 Å². The molecule has 28 heavy (non-hydrogen) atoms. The van der Waals surface area contributed by atoms with Gasteiger partial charge in [0.05, 0.1) is 0 Å². The van der Waals surface area contributed by atoms with Crippen molar-refractivity contribution in [3.63, 3.8) is 0 Å². The van der Waals surface area contributed by atoms with E-state index in [1.165, 1.54) is 32.5 Å². The van der Waals surface area contributed by atoms with Gasteiger partial charge in [-0.2, -0.15) is 0 Å². The van der Waals surface area contributed by atoms with Crippen molar-refractivity contribution in [2.45, 2.75) is 40.5 Å². The molecule has 0 saturated carbocycles. The lowest BCUT2D eigenvalue weighted by Crippen LogP contribution is -2.19. The summed E-state index contributed by atoms with van der Waals surface area (Å²) in [6.45, 7) is 12.3. The second-order valence-electron chi connectivity index (χ2n) is 7.06. The molecule has 0 bridgehead atoms. The molecule has 148 valence electrons. The smallest absolute Gasteiger partial charge is 0.249 e. The topological polar surface area (TPSA) is 20.3 Å². The highest BCUT2D eigenvalue weighted by Crippen LogP contribution is 2.39. The van der Waals surface area contributed by atoms with E-state index in [2.05, 4.69) is 46.1 Å². The Balaban J connectivity index is 2.55. The first-order valence-corrected chi connectivity index (χ1v) is 10.7. The summed E-state index contributed by atoms with van der Waals surface area (Å²) >= 11 is 7.90. The number of aryl methyl sites for hydroxylation is 1. The summed E-state index contributed by atoms with van der Waals surface area (Å²) in [5, 5.41) is 0.675. The van der Waals surface area contributed by atoms with E-state index in [0.717, 1.165) is 18.4 Å². The number of thiophene rings is 1. The fourth-order valence-electron chi connectivity index (χ4n) is 2.99. The first kappa shape index (κ1) is 22.2. The molecule has 1 aromatic heterocycles. The van der Waals surface area contributed by atoms with E-state index >= 15 is 0 Å². The first-order valence-electron chi connectivity index (χ1n) is 9.47. The molecule has 1 aliphatic carbocycles. The molecular weight excluding hydrogens is 386 g/mol. The molecule has 4 heteroatoms. The summed E-state index contributed by atoms with van der Waals surface area (Å²) in [4.78, 5) is 16.2. The van der Waals surface area contributed by atoms with Crippen LogP contribution in [0.15, 0.2) is 59.5 Å². The fraction of sp³-hybridized carbons (Fsp3) is 0.333. The van der Waals surface area contributed by atoms with Crippen molar-refractivity contribution in [1.82, 2.24) is 4.90 Å². The normalized spacial score (nSPS) is 15.0. The average Bonchev–Trinajstić information content (AvgIpc) is 2.84. The van der Waals surface area contributed by atoms with E-state index in [1.807, 2.05) is 18.4 Å². The van der Waals surface area contributed by atoms with Crippen molar-refractivity contribution in [3.8, 4) is 0 Å². The second kappa shape index (κ2) is 9.93. The van der Waals surface area contributed by atoms with E-state index in [9.17, 15) is 4.79 Å². The van der Waals surface area contributed by atoms with Crippen LogP contribution in [0.4, 0.5) is 0 Å². The zero-order valence-corrected chi connectivity index (χ0v) is 18.9. The molecule has 1 atom stereocenters. The zero-order chi connectivity index (χ0) is 20.8. The second-order valence-corrected chi connectivity index (χ2v) is 8.72. The number of rotatable bonds is 7. The van der Waals surface area contributed by atoms with Gasteiger partial charge in [-0.05, 0) is 79.2 Å². The van der Waals surface area contributed by atoms with E-state index in [0.29, 0.717) is 11.0 Å². The van der Waals surface area contributed by atoms with E-state index in [-0.39, 0.29) is 5.91 Å². The van der Waals surface area contributed by atoms with Gasteiger partial charge in [0.15, 0.2) is 0 Å². The van der Waals surface area contributed by atoms with Gasteiger partial charge in [0, 0.05) is 28.0 Å². The molecule has 0 spiro atoms. The zero-order valence-electron chi connectivity index (χ0n) is 17.3. The predicted octanol–water partition coefficient (Wildman–Crippen LogP) is 6.71. The van der Waals surface area contributed by atoms with Gasteiger partial charge in [0.25, 0.3) is 0 Å². The molecular formula is C24H28ClNOS. The maximum absolute atomic E-state index is 12.1. The number of hydrogen-bond donors (Lipinski definition) is 0. The third kappa shape index (κ3) is 5.26. The number of likely N-dealkylation sites (N-methyl/N-ethyl adjacent to an activating group) is 1. The lowest BCUT2D eigenvalue weighted by atomic mass is 9.91. The van der Waals surface area contributed by atoms with Gasteiger partial charge < -0.3 is 4.90 Å². The predicted molar refractivity (Wildman–Crippen MR) is 123 cm³/mol. The fourth-order valence-corrected chi connectivity index (χ4v) is 4.42. The maximum Gasteiger partial charge on any atom is 0.249 e. The van der Waals surface area contributed by atoms with Crippen LogP contribution in [-0.2, 0) is 11.2 Å². The molecule has 0 saturated heterocycles. The Morgan fingerprint density at radius 3 is 2.71 bits per heavy atom. The Labute approximate surface area is 177 Å². The molecule has 0 aliphatic heterocycles. The van der Waals surface area contributed by atoms with Gasteiger partial charge in [-0.1, -0.05) is 38.1 Å². The average molecular weight is 414 g/mol. The summed E-state index contributed by atoms with van der Waals surface area (Å²) in [7, 11) is 1.79. The van der Waals surface area contributed by atoms with Crippen LogP contribution < -0.4 is 0 Å². The highest BCUT2D eigenvalue weighted by atomic mass is 35.5. The highest BCUT2D eigenvalue weighted by Gasteiger charge is 2.21. The summed E-state index contributed by atoms with van der Waals surface area (Å²) in [5.74, 6) is 0.232. The number of hydrogen-bond acceptors (Lipinski definition) is 2. The number of amides is 1. The van der Waals surface area contributed by atoms with Gasteiger partial charge >= 0.3 is 0 Å². The van der Waals surface area contributed by atoms with Crippen LogP contribution in [0.3, 0.4) is 0 Å². The van der Waals surface area contributed by atoms with Crippen molar-refractivity contribution < 1.29 is 4.79 Å². The minimum atomic E-state index is -0.105. The van der Waals surface area contributed by atoms with Crippen molar-refractivity contribution >= 4 is 34.4 Å². The summed E-state index contributed by atoms with van der Waals surface area (Å²) in [5.41, 5.74) is 8.11. The van der Waals surface area contributed by atoms with Crippen LogP contribution in [-0.4, -0.2) is 17.9 Å². The number of halogens is 1. The summed E-state index contributed by atoms with van der Waals surface area (Å²) in [6.07, 6.45) is 12.8. The number of carbonyl (C=O) groups excluding carboxylic acids is 1. The largest absolute Gasteiger partial charge is 0.318 e. The Morgan fingerprint density at radius 1 is 1.36 bits per heavy atom. The van der Waals surface area contributed by atoms with E-state index in [4.69, 9.17) is 11.6 Å². The van der Waals surface area contributed by atoms with Gasteiger partial charge in [0.2, 0.25) is 5.91 Å². The molecule has 1 aromatic rings. The molecule has 1 amide bonds. The number of nitrogens with zero attached hydrogens (tertiary/aromatic N) is 1. The molecule has 1 aliphatic rings. The van der Waals surface area contributed by atoms with E-state index < -0.39 is 0 Å². The minimum Gasteiger partial charge on any atom is -0.318 e. The molecule has 0 fully saturated rings. The lowest BCUT2D eigenvalue weighted by molar-refractivity contribution is -0.122. The third-order valence-corrected chi connectivity index (χ3v) is 6.63. The van der Waals surface area contributed by atoms with E-state index in [1.54, 1.807) is 29.4 Å². The van der Waals surface area contributed by atoms with Crippen molar-refractivity contribution in [1.29, 1.82) is 0 Å². The van der Waals surface area contributed by atoms with Crippen LogP contribution in [0.5, 0.6) is 0 Å². The summed E-state index contributed by atoms with van der Waals surface area (Å²) < 4.78 is 0. The van der Waals surface area contributed by atoms with Gasteiger partial charge in [0.1, 0.15) is 0 Å². The minimum absolute atomic E-state index is 0.105. The van der Waals surface area contributed by atoms with Crippen LogP contribution in [0.25, 0.3) is 5.57 Å². The monoisotopic (exact) mass is 413 g/mol. The Morgan fingerprint density at radius 2 is 2.07 bits per heavy atom. The summed E-state index contributed by atoms with van der Waals surface area (Å²) in [6, 6.07) is 0. The van der Waals surface area contributed by atoms with Crippen LogP contribution in [0.2, 0.25) is 0 Å². The number of carbonyl (C=O) groups is 1. The quantitative estimate of drug-likeness (QED) is 0.359.